The van der Waals surface area contributed by atoms with E-state index in [0.717, 1.165) is 25.0 Å². The van der Waals surface area contributed by atoms with Crippen LogP contribution in [0, 0.1) is 5.92 Å². The normalized spacial score (nSPS) is 19.0. The fourth-order valence-electron chi connectivity index (χ4n) is 2.48. The van der Waals surface area contributed by atoms with Crippen molar-refractivity contribution in [2.75, 3.05) is 20.1 Å². The molecule has 1 saturated heterocycles. The molecule has 0 aliphatic carbocycles. The molecule has 5 nitrogen and oxygen atoms in total. The summed E-state index contributed by atoms with van der Waals surface area (Å²) in [6.45, 7) is 7.73. The van der Waals surface area contributed by atoms with Crippen LogP contribution >= 0.6 is 11.3 Å². The molecule has 7 heteroatoms. The molecule has 0 saturated carbocycles. The Balaban J connectivity index is 1.91. The maximum atomic E-state index is 11.7. The molecule has 120 valence electrons. The summed E-state index contributed by atoms with van der Waals surface area (Å²) >= 11 is 1.73. The minimum atomic E-state index is -3.26. The van der Waals surface area contributed by atoms with Gasteiger partial charge >= 0.3 is 0 Å². The summed E-state index contributed by atoms with van der Waals surface area (Å²) in [7, 11) is -1.80. The molecule has 21 heavy (non-hydrogen) atoms. The SMILES string of the molecule is CNS(=O)(=O)N1CCC(Cc2nc(C(C)(C)C)cs2)CC1. The van der Waals surface area contributed by atoms with Crippen LogP contribution in [0.2, 0.25) is 0 Å². The highest BCUT2D eigenvalue weighted by molar-refractivity contribution is 7.87. The summed E-state index contributed by atoms with van der Waals surface area (Å²) in [5.74, 6) is 0.535. The second-order valence-electron chi connectivity index (χ2n) is 6.63. The number of rotatable bonds is 4. The molecular weight excluding hydrogens is 306 g/mol. The Morgan fingerprint density at radius 2 is 2.00 bits per heavy atom. The first kappa shape index (κ1) is 16.9. The molecule has 2 heterocycles. The van der Waals surface area contributed by atoms with E-state index in [2.05, 4.69) is 30.9 Å². The van der Waals surface area contributed by atoms with Gasteiger partial charge in [-0.1, -0.05) is 20.8 Å². The smallest absolute Gasteiger partial charge is 0.246 e. The van der Waals surface area contributed by atoms with Crippen LogP contribution in [0.4, 0.5) is 0 Å². The topological polar surface area (TPSA) is 62.3 Å². The van der Waals surface area contributed by atoms with Crippen molar-refractivity contribution in [3.63, 3.8) is 0 Å². The Morgan fingerprint density at radius 3 is 2.48 bits per heavy atom. The molecule has 1 aromatic heterocycles. The van der Waals surface area contributed by atoms with E-state index in [1.807, 2.05) is 0 Å². The number of thiazole rings is 1. The van der Waals surface area contributed by atoms with Crippen molar-refractivity contribution in [2.45, 2.75) is 45.4 Å². The van der Waals surface area contributed by atoms with Crippen molar-refractivity contribution >= 4 is 21.5 Å². The summed E-state index contributed by atoms with van der Waals surface area (Å²) in [4.78, 5) is 4.73. The molecule has 1 aliphatic heterocycles. The van der Waals surface area contributed by atoms with Crippen LogP contribution in [0.3, 0.4) is 0 Å². The van der Waals surface area contributed by atoms with Crippen LogP contribution in [0.25, 0.3) is 0 Å². The van der Waals surface area contributed by atoms with Crippen LogP contribution in [0.5, 0.6) is 0 Å². The molecule has 0 atom stereocenters. The van der Waals surface area contributed by atoms with Gasteiger partial charge in [0.1, 0.15) is 0 Å². The largest absolute Gasteiger partial charge is 0.279 e. The standard InChI is InChI=1S/C14H25N3O2S2/c1-14(2,3)12-10-20-13(16-12)9-11-5-7-17(8-6-11)21(18,19)15-4/h10-11,15H,5-9H2,1-4H3. The third-order valence-corrected chi connectivity index (χ3v) is 6.39. The fourth-order valence-corrected chi connectivity index (χ4v) is 4.57. The summed E-state index contributed by atoms with van der Waals surface area (Å²) in [5, 5.41) is 3.32. The fraction of sp³-hybridized carbons (Fsp3) is 0.786. The minimum absolute atomic E-state index is 0.0962. The zero-order chi connectivity index (χ0) is 15.7. The molecule has 0 radical (unpaired) electrons. The number of hydrogen-bond acceptors (Lipinski definition) is 4. The number of nitrogens with zero attached hydrogens (tertiary/aromatic N) is 2. The Morgan fingerprint density at radius 1 is 1.38 bits per heavy atom. The molecule has 0 spiro atoms. The molecule has 0 aromatic carbocycles. The molecule has 0 unspecified atom stereocenters. The van der Waals surface area contributed by atoms with Crippen molar-refractivity contribution in [1.29, 1.82) is 0 Å². The van der Waals surface area contributed by atoms with E-state index in [9.17, 15) is 8.42 Å². The van der Waals surface area contributed by atoms with Gasteiger partial charge in [-0.15, -0.1) is 11.3 Å². The Labute approximate surface area is 132 Å². The highest BCUT2D eigenvalue weighted by Gasteiger charge is 2.27. The quantitative estimate of drug-likeness (QED) is 0.919. The summed E-state index contributed by atoms with van der Waals surface area (Å²) in [6, 6.07) is 0. The first-order valence-corrected chi connectivity index (χ1v) is 9.68. The van der Waals surface area contributed by atoms with E-state index < -0.39 is 10.2 Å². The third kappa shape index (κ3) is 4.25. The lowest BCUT2D eigenvalue weighted by molar-refractivity contribution is 0.271. The van der Waals surface area contributed by atoms with E-state index >= 15 is 0 Å². The Kier molecular flexibility index (Phi) is 5.07. The number of hydrogen-bond donors (Lipinski definition) is 1. The first-order chi connectivity index (χ1) is 9.72. The summed E-state index contributed by atoms with van der Waals surface area (Å²) < 4.78 is 27.4. The van der Waals surface area contributed by atoms with Gasteiger partial charge in [0.05, 0.1) is 10.7 Å². The van der Waals surface area contributed by atoms with Crippen molar-refractivity contribution in [3.05, 3.63) is 16.1 Å². The molecule has 2 rings (SSSR count). The number of piperidine rings is 1. The van der Waals surface area contributed by atoms with Crippen molar-refractivity contribution in [1.82, 2.24) is 14.0 Å². The molecule has 0 bridgehead atoms. The lowest BCUT2D eigenvalue weighted by Crippen LogP contribution is -2.43. The minimum Gasteiger partial charge on any atom is -0.246 e. The van der Waals surface area contributed by atoms with Crippen LogP contribution in [0.1, 0.15) is 44.3 Å². The zero-order valence-electron chi connectivity index (χ0n) is 13.2. The van der Waals surface area contributed by atoms with Crippen LogP contribution in [-0.2, 0) is 22.0 Å². The number of nitrogens with one attached hydrogen (secondary N) is 1. The summed E-state index contributed by atoms with van der Waals surface area (Å²) in [5.41, 5.74) is 1.25. The van der Waals surface area contributed by atoms with Gasteiger partial charge in [0.25, 0.3) is 10.2 Å². The van der Waals surface area contributed by atoms with Gasteiger partial charge in [-0.3, -0.25) is 0 Å². The number of aromatic nitrogens is 1. The van der Waals surface area contributed by atoms with Crippen LogP contribution < -0.4 is 4.72 Å². The maximum absolute atomic E-state index is 11.7. The molecule has 0 amide bonds. The Hall–Kier alpha value is -0.500. The van der Waals surface area contributed by atoms with E-state index in [-0.39, 0.29) is 5.41 Å². The average molecular weight is 332 g/mol. The summed E-state index contributed by atoms with van der Waals surface area (Å²) in [6.07, 6.45) is 2.78. The Bertz CT molecular complexity index is 567. The molecular formula is C14H25N3O2S2. The van der Waals surface area contributed by atoms with E-state index in [4.69, 9.17) is 4.98 Å². The van der Waals surface area contributed by atoms with Crippen LogP contribution in [0.15, 0.2) is 5.38 Å². The van der Waals surface area contributed by atoms with Gasteiger partial charge in [-0.25, -0.2) is 9.71 Å². The second-order valence-corrected chi connectivity index (χ2v) is 9.45. The molecule has 1 aromatic rings. The van der Waals surface area contributed by atoms with Crippen molar-refractivity contribution in [2.24, 2.45) is 5.92 Å². The van der Waals surface area contributed by atoms with Gasteiger partial charge < -0.3 is 0 Å². The lowest BCUT2D eigenvalue weighted by atomic mass is 9.93. The van der Waals surface area contributed by atoms with Gasteiger partial charge in [-0.2, -0.15) is 12.7 Å². The maximum Gasteiger partial charge on any atom is 0.279 e. The lowest BCUT2D eigenvalue weighted by Gasteiger charge is -2.30. The van der Waals surface area contributed by atoms with E-state index in [1.54, 1.807) is 11.3 Å². The van der Waals surface area contributed by atoms with E-state index in [1.165, 1.54) is 16.4 Å². The van der Waals surface area contributed by atoms with Gasteiger partial charge in [-0.05, 0) is 18.8 Å². The second kappa shape index (κ2) is 6.32. The van der Waals surface area contributed by atoms with Crippen molar-refractivity contribution in [3.8, 4) is 0 Å². The highest BCUT2D eigenvalue weighted by atomic mass is 32.2. The first-order valence-electron chi connectivity index (χ1n) is 7.36. The van der Waals surface area contributed by atoms with E-state index in [0.29, 0.717) is 19.0 Å². The zero-order valence-corrected chi connectivity index (χ0v) is 14.9. The molecule has 1 N–H and O–H groups in total. The average Bonchev–Trinajstić information content (AvgIpc) is 2.88. The van der Waals surface area contributed by atoms with Gasteiger partial charge in [0.15, 0.2) is 0 Å². The predicted molar refractivity (Wildman–Crippen MR) is 86.8 cm³/mol. The van der Waals surface area contributed by atoms with Gasteiger partial charge in [0.2, 0.25) is 0 Å². The van der Waals surface area contributed by atoms with Gasteiger partial charge in [0, 0.05) is 37.4 Å². The monoisotopic (exact) mass is 331 g/mol. The highest BCUT2D eigenvalue weighted by Crippen LogP contribution is 2.28. The van der Waals surface area contributed by atoms with Crippen molar-refractivity contribution < 1.29 is 8.42 Å². The molecule has 1 fully saturated rings. The third-order valence-electron chi connectivity index (χ3n) is 3.95. The van der Waals surface area contributed by atoms with Crippen LogP contribution in [-0.4, -0.2) is 37.8 Å². The predicted octanol–water partition coefficient (Wildman–Crippen LogP) is 2.16. The molecule has 1 aliphatic rings.